The molecule has 0 bridgehead atoms. The third-order valence-corrected chi connectivity index (χ3v) is 7.18. The molecule has 6 nitrogen and oxygen atoms in total. The minimum absolute atomic E-state index is 0.0631. The second kappa shape index (κ2) is 9.02. The van der Waals surface area contributed by atoms with E-state index in [0.717, 1.165) is 54.6 Å². The van der Waals surface area contributed by atoms with Crippen LogP contribution in [0.3, 0.4) is 0 Å². The molecule has 32 heavy (non-hydrogen) atoms. The van der Waals surface area contributed by atoms with E-state index in [1.807, 2.05) is 37.3 Å². The molecule has 1 saturated heterocycles. The van der Waals surface area contributed by atoms with Crippen LogP contribution in [0.15, 0.2) is 59.4 Å². The Hall–Kier alpha value is -2.74. The van der Waals surface area contributed by atoms with Gasteiger partial charge in [-0.1, -0.05) is 53.3 Å². The molecule has 164 valence electrons. The van der Waals surface area contributed by atoms with Crippen molar-refractivity contribution in [1.82, 2.24) is 19.5 Å². The van der Waals surface area contributed by atoms with E-state index in [1.54, 1.807) is 0 Å². The Morgan fingerprint density at radius 2 is 1.72 bits per heavy atom. The quantitative estimate of drug-likeness (QED) is 0.443. The molecule has 5 rings (SSSR count). The van der Waals surface area contributed by atoms with E-state index in [0.29, 0.717) is 16.4 Å². The summed E-state index contributed by atoms with van der Waals surface area (Å²) in [6, 6.07) is 18.0. The fourth-order valence-electron chi connectivity index (χ4n) is 4.12. The number of aryl methyl sites for hydroxylation is 1. The van der Waals surface area contributed by atoms with Gasteiger partial charge in [0.2, 0.25) is 4.96 Å². The van der Waals surface area contributed by atoms with Gasteiger partial charge in [-0.05, 0) is 37.6 Å². The first-order valence-corrected chi connectivity index (χ1v) is 12.0. The van der Waals surface area contributed by atoms with Crippen LogP contribution in [0.4, 0.5) is 5.69 Å². The van der Waals surface area contributed by atoms with Gasteiger partial charge in [-0.3, -0.25) is 9.69 Å². The Labute approximate surface area is 195 Å². The summed E-state index contributed by atoms with van der Waals surface area (Å²) < 4.78 is 1.45. The molecule has 4 aromatic rings. The van der Waals surface area contributed by atoms with Crippen molar-refractivity contribution < 1.29 is 0 Å². The minimum Gasteiger partial charge on any atom is -0.369 e. The summed E-state index contributed by atoms with van der Waals surface area (Å²) in [5, 5.41) is 5.99. The summed E-state index contributed by atoms with van der Waals surface area (Å²) in [5.74, 6) is 0. The third-order valence-electron chi connectivity index (χ3n) is 5.97. The first kappa shape index (κ1) is 21.1. The first-order chi connectivity index (χ1) is 15.6. The third kappa shape index (κ3) is 4.28. The molecule has 2 aromatic heterocycles. The SMILES string of the molecule is Cc1nc2sc(-c3ccc(Cl)cc3)nn2c(=O)c1CCN1CCN(c2ccccc2)CC1. The van der Waals surface area contributed by atoms with Crippen LogP contribution in [0.25, 0.3) is 15.5 Å². The summed E-state index contributed by atoms with van der Waals surface area (Å²) >= 11 is 7.41. The molecule has 0 amide bonds. The van der Waals surface area contributed by atoms with E-state index in [2.05, 4.69) is 44.1 Å². The lowest BCUT2D eigenvalue weighted by atomic mass is 10.1. The largest absolute Gasteiger partial charge is 0.369 e. The number of halogens is 1. The predicted molar refractivity (Wildman–Crippen MR) is 131 cm³/mol. The van der Waals surface area contributed by atoms with Gasteiger partial charge in [0, 0.05) is 60.3 Å². The van der Waals surface area contributed by atoms with Gasteiger partial charge in [0.1, 0.15) is 5.01 Å². The Kier molecular flexibility index (Phi) is 5.95. The van der Waals surface area contributed by atoms with E-state index in [4.69, 9.17) is 11.6 Å². The molecule has 1 fully saturated rings. The normalized spacial score (nSPS) is 14.9. The average molecular weight is 466 g/mol. The van der Waals surface area contributed by atoms with Crippen LogP contribution in [0, 0.1) is 6.92 Å². The fourth-order valence-corrected chi connectivity index (χ4v) is 5.18. The molecule has 3 heterocycles. The van der Waals surface area contributed by atoms with E-state index < -0.39 is 0 Å². The number of benzene rings is 2. The molecular weight excluding hydrogens is 442 g/mol. The standard InChI is InChI=1S/C24H24ClN5OS/c1-17-21(11-12-28-13-15-29(16-14-28)20-5-3-2-4-6-20)23(31)30-24(26-17)32-22(27-30)18-7-9-19(25)10-8-18/h2-10H,11-16H2,1H3. The second-order valence-electron chi connectivity index (χ2n) is 8.00. The highest BCUT2D eigenvalue weighted by Crippen LogP contribution is 2.26. The number of piperazine rings is 1. The minimum atomic E-state index is -0.0631. The summed E-state index contributed by atoms with van der Waals surface area (Å²) in [6.07, 6.45) is 0.680. The topological polar surface area (TPSA) is 53.7 Å². The van der Waals surface area contributed by atoms with Crippen LogP contribution in [-0.2, 0) is 6.42 Å². The summed E-state index contributed by atoms with van der Waals surface area (Å²) in [5.41, 5.74) is 3.69. The van der Waals surface area contributed by atoms with Crippen LogP contribution in [0.5, 0.6) is 0 Å². The molecule has 0 unspecified atom stereocenters. The molecule has 0 radical (unpaired) electrons. The zero-order chi connectivity index (χ0) is 22.1. The molecule has 0 saturated carbocycles. The monoisotopic (exact) mass is 465 g/mol. The Morgan fingerprint density at radius 3 is 2.44 bits per heavy atom. The zero-order valence-electron chi connectivity index (χ0n) is 17.9. The Morgan fingerprint density at radius 1 is 1.00 bits per heavy atom. The van der Waals surface area contributed by atoms with Crippen molar-refractivity contribution in [2.75, 3.05) is 37.6 Å². The van der Waals surface area contributed by atoms with Gasteiger partial charge in [-0.2, -0.15) is 9.61 Å². The number of rotatable bonds is 5. The maximum atomic E-state index is 13.2. The van der Waals surface area contributed by atoms with Crippen molar-refractivity contribution >= 4 is 33.6 Å². The zero-order valence-corrected chi connectivity index (χ0v) is 19.4. The second-order valence-corrected chi connectivity index (χ2v) is 9.40. The maximum Gasteiger partial charge on any atom is 0.278 e. The van der Waals surface area contributed by atoms with E-state index in [1.165, 1.54) is 21.5 Å². The first-order valence-electron chi connectivity index (χ1n) is 10.8. The van der Waals surface area contributed by atoms with Crippen molar-refractivity contribution in [3.8, 4) is 10.6 Å². The van der Waals surface area contributed by atoms with Gasteiger partial charge in [-0.25, -0.2) is 4.98 Å². The summed E-state index contributed by atoms with van der Waals surface area (Å²) in [7, 11) is 0. The average Bonchev–Trinajstić information content (AvgIpc) is 3.24. The number of hydrogen-bond donors (Lipinski definition) is 0. The number of nitrogens with zero attached hydrogens (tertiary/aromatic N) is 5. The van der Waals surface area contributed by atoms with Gasteiger partial charge < -0.3 is 4.90 Å². The highest BCUT2D eigenvalue weighted by Gasteiger charge is 2.19. The van der Waals surface area contributed by atoms with Gasteiger partial charge >= 0.3 is 0 Å². The Bertz CT molecular complexity index is 1280. The van der Waals surface area contributed by atoms with Crippen LogP contribution in [0.2, 0.25) is 5.02 Å². The molecule has 0 atom stereocenters. The Balaban J connectivity index is 1.29. The van der Waals surface area contributed by atoms with Crippen molar-refractivity contribution in [2.45, 2.75) is 13.3 Å². The van der Waals surface area contributed by atoms with Gasteiger partial charge in [0.25, 0.3) is 5.56 Å². The number of fused-ring (bicyclic) bond motifs is 1. The maximum absolute atomic E-state index is 13.2. The number of aromatic nitrogens is 3. The molecule has 1 aliphatic heterocycles. The predicted octanol–water partition coefficient (Wildman–Crippen LogP) is 4.14. The molecule has 0 spiro atoms. The number of anilines is 1. The lowest BCUT2D eigenvalue weighted by molar-refractivity contribution is 0.260. The van der Waals surface area contributed by atoms with Crippen molar-refractivity contribution in [2.24, 2.45) is 0 Å². The molecule has 0 aliphatic carbocycles. The summed E-state index contributed by atoms with van der Waals surface area (Å²) in [4.78, 5) is 23.3. The van der Waals surface area contributed by atoms with Crippen LogP contribution in [0.1, 0.15) is 11.3 Å². The van der Waals surface area contributed by atoms with E-state index in [-0.39, 0.29) is 5.56 Å². The van der Waals surface area contributed by atoms with Crippen LogP contribution >= 0.6 is 22.9 Å². The summed E-state index contributed by atoms with van der Waals surface area (Å²) in [6.45, 7) is 6.74. The molecule has 1 aliphatic rings. The van der Waals surface area contributed by atoms with E-state index >= 15 is 0 Å². The van der Waals surface area contributed by atoms with Gasteiger partial charge in [0.05, 0.1) is 0 Å². The highest BCUT2D eigenvalue weighted by atomic mass is 35.5. The van der Waals surface area contributed by atoms with Crippen molar-refractivity contribution in [3.63, 3.8) is 0 Å². The number of hydrogen-bond acceptors (Lipinski definition) is 6. The molecule has 8 heteroatoms. The molecular formula is C24H24ClN5OS. The smallest absolute Gasteiger partial charge is 0.278 e. The molecule has 2 aromatic carbocycles. The molecule has 0 N–H and O–H groups in total. The lowest BCUT2D eigenvalue weighted by Gasteiger charge is -2.36. The fraction of sp³-hybridized carbons (Fsp3) is 0.292. The number of para-hydroxylation sites is 1. The van der Waals surface area contributed by atoms with Crippen molar-refractivity contribution in [3.05, 3.63) is 81.2 Å². The van der Waals surface area contributed by atoms with Crippen LogP contribution < -0.4 is 10.5 Å². The van der Waals surface area contributed by atoms with Crippen LogP contribution in [-0.4, -0.2) is 52.2 Å². The van der Waals surface area contributed by atoms with Gasteiger partial charge in [-0.15, -0.1) is 0 Å². The van der Waals surface area contributed by atoms with Crippen molar-refractivity contribution in [1.29, 1.82) is 0 Å². The van der Waals surface area contributed by atoms with Gasteiger partial charge in [0.15, 0.2) is 0 Å². The van der Waals surface area contributed by atoms with E-state index in [9.17, 15) is 4.79 Å². The highest BCUT2D eigenvalue weighted by molar-refractivity contribution is 7.19. The lowest BCUT2D eigenvalue weighted by Crippen LogP contribution is -2.47.